The van der Waals surface area contributed by atoms with Crippen LogP contribution >= 0.6 is 0 Å². The monoisotopic (exact) mass is 619 g/mol. The first-order chi connectivity index (χ1) is 24.3. The summed E-state index contributed by atoms with van der Waals surface area (Å²) in [5, 5.41) is 15.8. The highest BCUT2D eigenvalue weighted by Crippen LogP contribution is 2.45. The third-order valence-electron chi connectivity index (χ3n) is 10.7. The summed E-state index contributed by atoms with van der Waals surface area (Å²) in [6, 6.07) is 64.9. The summed E-state index contributed by atoms with van der Waals surface area (Å²) in [5.74, 6) is 0. The highest BCUT2D eigenvalue weighted by Gasteiger charge is 2.18. The van der Waals surface area contributed by atoms with E-state index in [1.54, 1.807) is 0 Å². The molecule has 0 unspecified atom stereocenters. The maximum Gasteiger partial charge on any atom is 0.0541 e. The van der Waals surface area contributed by atoms with Crippen LogP contribution in [0.15, 0.2) is 176 Å². The smallest absolute Gasteiger partial charge is 0.0541 e. The first-order valence-corrected chi connectivity index (χ1v) is 17.0. The summed E-state index contributed by atoms with van der Waals surface area (Å²) in [6.07, 6.45) is 0. The maximum atomic E-state index is 2.42. The van der Waals surface area contributed by atoms with Crippen LogP contribution in [-0.2, 0) is 0 Å². The van der Waals surface area contributed by atoms with E-state index in [-0.39, 0.29) is 0 Å². The Hall–Kier alpha value is -6.44. The van der Waals surface area contributed by atoms with E-state index >= 15 is 0 Å². The van der Waals surface area contributed by atoms with E-state index in [0.29, 0.717) is 0 Å². The van der Waals surface area contributed by atoms with Gasteiger partial charge in [0.25, 0.3) is 0 Å². The maximum absolute atomic E-state index is 2.42. The Balaban J connectivity index is 1.13. The van der Waals surface area contributed by atoms with Crippen LogP contribution in [-0.4, -0.2) is 4.57 Å². The highest BCUT2D eigenvalue weighted by atomic mass is 15.0. The molecule has 226 valence electrons. The molecule has 0 aliphatic carbocycles. The van der Waals surface area contributed by atoms with E-state index in [1.807, 2.05) is 0 Å². The Bertz CT molecular complexity index is 3090. The number of benzene rings is 10. The van der Waals surface area contributed by atoms with Crippen molar-refractivity contribution < 1.29 is 0 Å². The molecule has 10 aromatic carbocycles. The molecule has 0 radical (unpaired) electrons. The van der Waals surface area contributed by atoms with Crippen molar-refractivity contribution in [1.29, 1.82) is 0 Å². The van der Waals surface area contributed by atoms with Crippen molar-refractivity contribution in [3.8, 4) is 27.9 Å². The molecule has 1 nitrogen and oxygen atoms in total. The van der Waals surface area contributed by atoms with Gasteiger partial charge in [-0.15, -0.1) is 0 Å². The first-order valence-electron chi connectivity index (χ1n) is 17.0. The van der Waals surface area contributed by atoms with Gasteiger partial charge in [0.15, 0.2) is 0 Å². The molecule has 1 heteroatoms. The molecule has 0 amide bonds. The van der Waals surface area contributed by atoms with Crippen molar-refractivity contribution in [2.24, 2.45) is 0 Å². The number of aromatic nitrogens is 1. The minimum atomic E-state index is 1.16. The third-order valence-corrected chi connectivity index (χ3v) is 10.7. The van der Waals surface area contributed by atoms with Crippen LogP contribution in [0.2, 0.25) is 0 Å². The Morgan fingerprint density at radius 1 is 0.245 bits per heavy atom. The van der Waals surface area contributed by atoms with Gasteiger partial charge in [-0.05, 0) is 113 Å². The van der Waals surface area contributed by atoms with Crippen LogP contribution < -0.4 is 0 Å². The quantitative estimate of drug-likeness (QED) is 0.137. The van der Waals surface area contributed by atoms with E-state index < -0.39 is 0 Å². The fraction of sp³-hybridized carbons (Fsp3) is 0. The minimum absolute atomic E-state index is 1.16. The standard InChI is InChI=1S/C48H29N/c1-2-11-30(12-3-1)32-24-26-46-44(29-32)38-17-6-7-22-45(38)49(46)34-14-8-13-31(27-34)33-23-25-37-41-20-9-18-39-35-15-4-5-16-36(35)40-19-10-21-42(43(37)28-33)48(40)47(39)41/h1-29H. The van der Waals surface area contributed by atoms with Crippen LogP contribution in [0.5, 0.6) is 0 Å². The topological polar surface area (TPSA) is 4.93 Å². The van der Waals surface area contributed by atoms with Gasteiger partial charge in [0, 0.05) is 16.5 Å². The zero-order valence-corrected chi connectivity index (χ0v) is 26.7. The lowest BCUT2D eigenvalue weighted by atomic mass is 9.85. The second-order valence-electron chi connectivity index (χ2n) is 13.3. The average molecular weight is 620 g/mol. The lowest BCUT2D eigenvalue weighted by Crippen LogP contribution is -1.94. The summed E-state index contributed by atoms with van der Waals surface area (Å²) < 4.78 is 2.42. The summed E-state index contributed by atoms with van der Waals surface area (Å²) in [4.78, 5) is 0. The van der Waals surface area contributed by atoms with Crippen molar-refractivity contribution in [2.75, 3.05) is 0 Å². The molecule has 49 heavy (non-hydrogen) atoms. The van der Waals surface area contributed by atoms with E-state index in [2.05, 4.69) is 180 Å². The fourth-order valence-corrected chi connectivity index (χ4v) is 8.56. The SMILES string of the molecule is c1ccc(-c2ccc3c(c2)c2ccccc2n3-c2cccc(-c3ccc4c(c3)c3cccc5c6ccccc6c6cccc4c6c53)c2)cc1. The minimum Gasteiger partial charge on any atom is -0.309 e. The molecule has 1 aromatic heterocycles. The van der Waals surface area contributed by atoms with Gasteiger partial charge >= 0.3 is 0 Å². The van der Waals surface area contributed by atoms with Gasteiger partial charge in [-0.3, -0.25) is 0 Å². The first kappa shape index (κ1) is 26.6. The van der Waals surface area contributed by atoms with Crippen molar-refractivity contribution in [3.63, 3.8) is 0 Å². The molecule has 1 heterocycles. The van der Waals surface area contributed by atoms with Gasteiger partial charge in [-0.25, -0.2) is 0 Å². The lowest BCUT2D eigenvalue weighted by molar-refractivity contribution is 1.18. The largest absolute Gasteiger partial charge is 0.309 e. The van der Waals surface area contributed by atoms with Gasteiger partial charge in [-0.1, -0.05) is 140 Å². The van der Waals surface area contributed by atoms with Crippen molar-refractivity contribution in [2.45, 2.75) is 0 Å². The number of fused-ring (bicyclic) bond motifs is 9. The number of rotatable bonds is 3. The van der Waals surface area contributed by atoms with E-state index in [9.17, 15) is 0 Å². The fourth-order valence-electron chi connectivity index (χ4n) is 8.56. The Morgan fingerprint density at radius 3 is 1.45 bits per heavy atom. The number of para-hydroxylation sites is 1. The Kier molecular flexibility index (Phi) is 5.45. The molecular weight excluding hydrogens is 591 g/mol. The number of hydrogen-bond donors (Lipinski definition) is 0. The van der Waals surface area contributed by atoms with E-state index in [0.717, 1.165) is 5.69 Å². The number of hydrogen-bond acceptors (Lipinski definition) is 0. The van der Waals surface area contributed by atoms with Crippen LogP contribution in [0, 0.1) is 0 Å². The van der Waals surface area contributed by atoms with E-state index in [4.69, 9.17) is 0 Å². The van der Waals surface area contributed by atoms with Gasteiger partial charge in [0.1, 0.15) is 0 Å². The molecule has 0 aliphatic rings. The molecule has 11 aromatic rings. The summed E-state index contributed by atoms with van der Waals surface area (Å²) in [6.45, 7) is 0. The van der Waals surface area contributed by atoms with E-state index in [1.165, 1.54) is 97.9 Å². The van der Waals surface area contributed by atoms with Crippen LogP contribution in [0.3, 0.4) is 0 Å². The predicted octanol–water partition coefficient (Wildman–Crippen LogP) is 13.3. The highest BCUT2D eigenvalue weighted by molar-refractivity contribution is 6.40. The van der Waals surface area contributed by atoms with Gasteiger partial charge in [0.05, 0.1) is 11.0 Å². The molecule has 0 saturated heterocycles. The molecule has 0 N–H and O–H groups in total. The van der Waals surface area contributed by atoms with Gasteiger partial charge in [0.2, 0.25) is 0 Å². The summed E-state index contributed by atoms with van der Waals surface area (Å²) >= 11 is 0. The van der Waals surface area contributed by atoms with Crippen molar-refractivity contribution in [3.05, 3.63) is 176 Å². The molecule has 0 atom stereocenters. The van der Waals surface area contributed by atoms with Crippen molar-refractivity contribution in [1.82, 2.24) is 4.57 Å². The van der Waals surface area contributed by atoms with Gasteiger partial charge in [-0.2, -0.15) is 0 Å². The molecule has 0 saturated carbocycles. The number of nitrogens with zero attached hydrogens (tertiary/aromatic N) is 1. The second kappa shape index (κ2) is 10.0. The Morgan fingerprint density at radius 2 is 0.714 bits per heavy atom. The van der Waals surface area contributed by atoms with Crippen molar-refractivity contribution >= 4 is 75.7 Å². The van der Waals surface area contributed by atoms with Gasteiger partial charge < -0.3 is 4.57 Å². The predicted molar refractivity (Wildman–Crippen MR) is 210 cm³/mol. The van der Waals surface area contributed by atoms with Crippen LogP contribution in [0.4, 0.5) is 0 Å². The molecular formula is C48H29N. The summed E-state index contributed by atoms with van der Waals surface area (Å²) in [5.41, 5.74) is 8.50. The average Bonchev–Trinajstić information content (AvgIpc) is 3.51. The molecule has 11 rings (SSSR count). The van der Waals surface area contributed by atoms with Crippen LogP contribution in [0.1, 0.15) is 0 Å². The molecule has 0 bridgehead atoms. The molecule has 0 fully saturated rings. The molecule has 0 spiro atoms. The normalized spacial score (nSPS) is 12.1. The molecule has 0 aliphatic heterocycles. The lowest BCUT2D eigenvalue weighted by Gasteiger charge is -2.18. The summed E-state index contributed by atoms with van der Waals surface area (Å²) in [7, 11) is 0. The third kappa shape index (κ3) is 3.76. The second-order valence-corrected chi connectivity index (χ2v) is 13.3. The zero-order valence-electron chi connectivity index (χ0n) is 26.7. The van der Waals surface area contributed by atoms with Crippen LogP contribution in [0.25, 0.3) is 104 Å². The zero-order chi connectivity index (χ0) is 32.1. The Labute approximate surface area is 283 Å².